The Bertz CT molecular complexity index is 132. The van der Waals surface area contributed by atoms with Crippen molar-refractivity contribution in [3.05, 3.63) is 0 Å². The molecule has 0 bridgehead atoms. The molecule has 0 saturated carbocycles. The van der Waals surface area contributed by atoms with Crippen molar-refractivity contribution < 1.29 is 14.3 Å². The van der Waals surface area contributed by atoms with Gasteiger partial charge in [0.15, 0.2) is 6.29 Å². The first-order valence-corrected chi connectivity index (χ1v) is 4.37. The Morgan fingerprint density at radius 2 is 1.92 bits per heavy atom. The number of ether oxygens (including phenoxy) is 2. The van der Waals surface area contributed by atoms with E-state index in [-0.39, 0.29) is 5.97 Å². The molecule has 0 spiro atoms. The number of carbonyl (C=O) groups is 1. The lowest BCUT2D eigenvalue weighted by Crippen LogP contribution is -2.19. The monoisotopic (exact) mass is 174 g/mol. The van der Waals surface area contributed by atoms with Gasteiger partial charge in [-0.1, -0.05) is 20.8 Å². The second-order valence-corrected chi connectivity index (χ2v) is 3.14. The van der Waals surface area contributed by atoms with Crippen LogP contribution in [0.15, 0.2) is 0 Å². The maximum Gasteiger partial charge on any atom is 0.307 e. The van der Waals surface area contributed by atoms with Gasteiger partial charge in [0.05, 0.1) is 6.61 Å². The van der Waals surface area contributed by atoms with Gasteiger partial charge in [0.1, 0.15) is 0 Å². The van der Waals surface area contributed by atoms with Crippen molar-refractivity contribution in [1.29, 1.82) is 0 Å². The highest BCUT2D eigenvalue weighted by atomic mass is 16.7. The van der Waals surface area contributed by atoms with Crippen LogP contribution in [0.25, 0.3) is 0 Å². The zero-order valence-corrected chi connectivity index (χ0v) is 8.29. The molecule has 1 atom stereocenters. The predicted octanol–water partition coefficient (Wildman–Crippen LogP) is 1.96. The van der Waals surface area contributed by atoms with E-state index < -0.39 is 6.29 Å². The minimum Gasteiger partial charge on any atom is -0.436 e. The first kappa shape index (κ1) is 11.4. The van der Waals surface area contributed by atoms with Crippen LogP contribution in [0.3, 0.4) is 0 Å². The fourth-order valence-electron chi connectivity index (χ4n) is 0.630. The lowest BCUT2D eigenvalue weighted by Gasteiger charge is -2.14. The summed E-state index contributed by atoms with van der Waals surface area (Å²) in [6.07, 6.45) is -0.0186. The van der Waals surface area contributed by atoms with Crippen LogP contribution >= 0.6 is 0 Å². The molecule has 0 amide bonds. The third kappa shape index (κ3) is 6.16. The molecule has 0 rings (SSSR count). The van der Waals surface area contributed by atoms with Crippen molar-refractivity contribution in [2.24, 2.45) is 5.92 Å². The van der Waals surface area contributed by atoms with Gasteiger partial charge in [0.2, 0.25) is 0 Å². The second-order valence-electron chi connectivity index (χ2n) is 3.14. The number of rotatable bonds is 5. The highest BCUT2D eigenvalue weighted by Gasteiger charge is 2.07. The van der Waals surface area contributed by atoms with Crippen LogP contribution in [0, 0.1) is 5.92 Å². The molecule has 0 N–H and O–H groups in total. The molecule has 3 nitrogen and oxygen atoms in total. The topological polar surface area (TPSA) is 35.5 Å². The summed E-state index contributed by atoms with van der Waals surface area (Å²) in [7, 11) is 0. The second kappa shape index (κ2) is 6.00. The summed E-state index contributed by atoms with van der Waals surface area (Å²) in [5.41, 5.74) is 0. The molecule has 0 aromatic heterocycles. The van der Waals surface area contributed by atoms with E-state index in [1.807, 2.05) is 13.8 Å². The minimum atomic E-state index is -0.417. The van der Waals surface area contributed by atoms with Crippen LogP contribution < -0.4 is 0 Å². The van der Waals surface area contributed by atoms with Gasteiger partial charge in [-0.2, -0.15) is 0 Å². The molecule has 0 saturated heterocycles. The third-order valence-electron chi connectivity index (χ3n) is 1.25. The van der Waals surface area contributed by atoms with Gasteiger partial charge >= 0.3 is 5.97 Å². The van der Waals surface area contributed by atoms with Crippen molar-refractivity contribution in [1.82, 2.24) is 0 Å². The van der Waals surface area contributed by atoms with E-state index in [0.717, 1.165) is 0 Å². The van der Waals surface area contributed by atoms with Crippen LogP contribution in [-0.2, 0) is 14.3 Å². The quantitative estimate of drug-likeness (QED) is 0.472. The zero-order valence-electron chi connectivity index (χ0n) is 8.29. The summed E-state index contributed by atoms with van der Waals surface area (Å²) >= 11 is 0. The van der Waals surface area contributed by atoms with E-state index in [4.69, 9.17) is 9.47 Å². The van der Waals surface area contributed by atoms with Crippen LogP contribution in [-0.4, -0.2) is 18.9 Å². The van der Waals surface area contributed by atoms with Crippen molar-refractivity contribution >= 4 is 5.97 Å². The van der Waals surface area contributed by atoms with Crippen LogP contribution in [0.4, 0.5) is 0 Å². The molecule has 0 aromatic carbocycles. The number of esters is 1. The van der Waals surface area contributed by atoms with Crippen molar-refractivity contribution in [3.63, 3.8) is 0 Å². The molecule has 1 unspecified atom stereocenters. The van der Waals surface area contributed by atoms with E-state index >= 15 is 0 Å². The Morgan fingerprint density at radius 1 is 1.33 bits per heavy atom. The summed E-state index contributed by atoms with van der Waals surface area (Å²) in [4.78, 5) is 10.8. The van der Waals surface area contributed by atoms with E-state index in [9.17, 15) is 4.79 Å². The van der Waals surface area contributed by atoms with E-state index in [2.05, 4.69) is 0 Å². The molecule has 0 fully saturated rings. The average molecular weight is 174 g/mol. The Kier molecular flexibility index (Phi) is 5.72. The molecule has 0 aliphatic rings. The smallest absolute Gasteiger partial charge is 0.307 e. The van der Waals surface area contributed by atoms with E-state index in [1.165, 1.54) is 0 Å². The summed E-state index contributed by atoms with van der Waals surface area (Å²) in [6.45, 7) is 8.22. The average Bonchev–Trinajstić information content (AvgIpc) is 2.00. The first-order chi connectivity index (χ1) is 5.56. The van der Waals surface area contributed by atoms with Gasteiger partial charge in [0, 0.05) is 6.42 Å². The molecule has 0 radical (unpaired) electrons. The van der Waals surface area contributed by atoms with Gasteiger partial charge in [-0.15, -0.1) is 0 Å². The van der Waals surface area contributed by atoms with Gasteiger partial charge in [0.25, 0.3) is 0 Å². The molecule has 72 valence electrons. The maximum absolute atomic E-state index is 10.8. The van der Waals surface area contributed by atoms with Crippen molar-refractivity contribution in [2.45, 2.75) is 40.4 Å². The van der Waals surface area contributed by atoms with Gasteiger partial charge in [-0.05, 0) is 12.8 Å². The molecular formula is C9H18O3. The first-order valence-electron chi connectivity index (χ1n) is 4.37. The summed E-state index contributed by atoms with van der Waals surface area (Å²) in [5, 5.41) is 0. The summed E-state index contributed by atoms with van der Waals surface area (Å²) < 4.78 is 10.1. The summed E-state index contributed by atoms with van der Waals surface area (Å²) in [6, 6.07) is 0. The van der Waals surface area contributed by atoms with Gasteiger partial charge < -0.3 is 9.47 Å². The predicted molar refractivity (Wildman–Crippen MR) is 46.6 cm³/mol. The molecular weight excluding hydrogens is 156 g/mol. The highest BCUT2D eigenvalue weighted by Crippen LogP contribution is 2.00. The largest absolute Gasteiger partial charge is 0.436 e. The van der Waals surface area contributed by atoms with Crippen molar-refractivity contribution in [2.75, 3.05) is 6.61 Å². The fraction of sp³-hybridized carbons (Fsp3) is 0.889. The van der Waals surface area contributed by atoms with Crippen LogP contribution in [0.1, 0.15) is 34.1 Å². The lowest BCUT2D eigenvalue weighted by molar-refractivity contribution is -0.176. The molecule has 0 aromatic rings. The zero-order chi connectivity index (χ0) is 9.56. The number of hydrogen-bond acceptors (Lipinski definition) is 3. The molecule has 3 heteroatoms. The standard InChI is InChI=1S/C9H18O3/c1-5-9(10)12-8(4)11-6-7(2)3/h7-8H,5-6H2,1-4H3. The highest BCUT2D eigenvalue weighted by molar-refractivity contribution is 5.68. The number of hydrogen-bond donors (Lipinski definition) is 0. The molecule has 0 heterocycles. The lowest BCUT2D eigenvalue weighted by atomic mass is 10.2. The van der Waals surface area contributed by atoms with Gasteiger partial charge in [-0.25, -0.2) is 0 Å². The molecule has 0 aliphatic carbocycles. The normalized spacial score (nSPS) is 13.1. The van der Waals surface area contributed by atoms with Gasteiger partial charge in [-0.3, -0.25) is 4.79 Å². The summed E-state index contributed by atoms with van der Waals surface area (Å²) in [5.74, 6) is 0.249. The SMILES string of the molecule is CCC(=O)OC(C)OCC(C)C. The van der Waals surface area contributed by atoms with Crippen molar-refractivity contribution in [3.8, 4) is 0 Å². The number of carbonyl (C=O) groups excluding carboxylic acids is 1. The maximum atomic E-state index is 10.8. The molecule has 12 heavy (non-hydrogen) atoms. The Hall–Kier alpha value is -0.570. The fourth-order valence-corrected chi connectivity index (χ4v) is 0.630. The minimum absolute atomic E-state index is 0.216. The Balaban J connectivity index is 3.45. The molecule has 0 aliphatic heterocycles. The Morgan fingerprint density at radius 3 is 2.33 bits per heavy atom. The Labute approximate surface area is 74.0 Å². The van der Waals surface area contributed by atoms with E-state index in [0.29, 0.717) is 18.9 Å². The van der Waals surface area contributed by atoms with E-state index in [1.54, 1.807) is 13.8 Å². The van der Waals surface area contributed by atoms with Crippen LogP contribution in [0.5, 0.6) is 0 Å². The van der Waals surface area contributed by atoms with Crippen LogP contribution in [0.2, 0.25) is 0 Å². The third-order valence-corrected chi connectivity index (χ3v) is 1.25.